The van der Waals surface area contributed by atoms with E-state index >= 15 is 0 Å². The largest absolute Gasteiger partial charge is 0.478 e. The Labute approximate surface area is 124 Å². The van der Waals surface area contributed by atoms with Crippen molar-refractivity contribution in [3.63, 3.8) is 0 Å². The lowest BCUT2D eigenvalue weighted by Gasteiger charge is -2.18. The van der Waals surface area contributed by atoms with E-state index in [1.165, 1.54) is 19.3 Å². The monoisotopic (exact) mass is 287 g/mol. The number of carboxylic acids is 1. The molecule has 0 spiro atoms. The second kappa shape index (κ2) is 5.90. The van der Waals surface area contributed by atoms with Crippen molar-refractivity contribution in [1.29, 1.82) is 0 Å². The number of benzene rings is 1. The summed E-state index contributed by atoms with van der Waals surface area (Å²) in [5, 5.41) is 10.2. The van der Waals surface area contributed by atoms with Gasteiger partial charge in [0.05, 0.1) is 6.54 Å². The van der Waals surface area contributed by atoms with Crippen LogP contribution in [0.15, 0.2) is 28.7 Å². The van der Waals surface area contributed by atoms with E-state index in [0.717, 1.165) is 19.0 Å². The molecule has 0 radical (unpaired) electrons. The fourth-order valence-corrected chi connectivity index (χ4v) is 3.13. The summed E-state index contributed by atoms with van der Waals surface area (Å²) in [7, 11) is 0. The molecule has 0 aliphatic carbocycles. The summed E-state index contributed by atoms with van der Waals surface area (Å²) in [4.78, 5) is 13.9. The zero-order valence-corrected chi connectivity index (χ0v) is 12.3. The van der Waals surface area contributed by atoms with Gasteiger partial charge in [0.15, 0.2) is 0 Å². The van der Waals surface area contributed by atoms with Crippen LogP contribution >= 0.6 is 0 Å². The van der Waals surface area contributed by atoms with Crippen LogP contribution in [0.1, 0.15) is 42.3 Å². The zero-order chi connectivity index (χ0) is 14.8. The molecule has 1 N–H and O–H groups in total. The van der Waals surface area contributed by atoms with Gasteiger partial charge in [0.1, 0.15) is 16.9 Å². The first-order chi connectivity index (χ1) is 10.1. The Kier molecular flexibility index (Phi) is 3.97. The highest BCUT2D eigenvalue weighted by Crippen LogP contribution is 2.28. The second-order valence-corrected chi connectivity index (χ2v) is 6.01. The number of nitrogens with zero attached hydrogens (tertiary/aromatic N) is 1. The first-order valence-electron chi connectivity index (χ1n) is 7.61. The molecular formula is C17H21NO3. The minimum absolute atomic E-state index is 0.322. The molecule has 4 nitrogen and oxygen atoms in total. The van der Waals surface area contributed by atoms with Gasteiger partial charge in [-0.1, -0.05) is 25.1 Å². The summed E-state index contributed by atoms with van der Waals surface area (Å²) in [6.45, 7) is 4.90. The van der Waals surface area contributed by atoms with E-state index in [9.17, 15) is 9.90 Å². The number of carboxylic acid groups (broad SMARTS) is 1. The average Bonchev–Trinajstić information content (AvgIpc) is 2.69. The van der Waals surface area contributed by atoms with Crippen LogP contribution in [-0.2, 0) is 6.54 Å². The second-order valence-electron chi connectivity index (χ2n) is 6.01. The molecule has 1 aromatic carbocycles. The van der Waals surface area contributed by atoms with E-state index in [1.54, 1.807) is 0 Å². The molecule has 21 heavy (non-hydrogen) atoms. The zero-order valence-electron chi connectivity index (χ0n) is 12.3. The van der Waals surface area contributed by atoms with Crippen molar-refractivity contribution in [3.05, 3.63) is 35.6 Å². The fourth-order valence-electron chi connectivity index (χ4n) is 3.13. The maximum absolute atomic E-state index is 11.6. The molecule has 0 bridgehead atoms. The van der Waals surface area contributed by atoms with Gasteiger partial charge in [0, 0.05) is 5.39 Å². The average molecular weight is 287 g/mol. The van der Waals surface area contributed by atoms with Crippen molar-refractivity contribution in [1.82, 2.24) is 4.90 Å². The Morgan fingerprint density at radius 2 is 2.14 bits per heavy atom. The number of hydrogen-bond acceptors (Lipinski definition) is 3. The SMILES string of the molecule is CC1CCCN(Cc2oc3ccccc3c2C(=O)O)CC1. The van der Waals surface area contributed by atoms with Crippen LogP contribution in [0.4, 0.5) is 0 Å². The molecule has 3 rings (SSSR count). The lowest BCUT2D eigenvalue weighted by Crippen LogP contribution is -2.24. The number of hydrogen-bond donors (Lipinski definition) is 1. The summed E-state index contributed by atoms with van der Waals surface area (Å²) < 4.78 is 5.81. The highest BCUT2D eigenvalue weighted by molar-refractivity contribution is 6.03. The van der Waals surface area contributed by atoms with Crippen LogP contribution < -0.4 is 0 Å². The van der Waals surface area contributed by atoms with Crippen molar-refractivity contribution in [2.45, 2.75) is 32.7 Å². The van der Waals surface area contributed by atoms with Crippen LogP contribution in [0, 0.1) is 5.92 Å². The molecule has 2 heterocycles. The van der Waals surface area contributed by atoms with Crippen LogP contribution in [0.5, 0.6) is 0 Å². The number of aromatic carboxylic acids is 1. The van der Waals surface area contributed by atoms with Gasteiger partial charge in [0.2, 0.25) is 0 Å². The maximum Gasteiger partial charge on any atom is 0.339 e. The van der Waals surface area contributed by atoms with Crippen molar-refractivity contribution in [2.24, 2.45) is 5.92 Å². The maximum atomic E-state index is 11.6. The lowest BCUT2D eigenvalue weighted by molar-refractivity contribution is 0.0694. The normalized spacial score (nSPS) is 20.5. The Morgan fingerprint density at radius 1 is 1.33 bits per heavy atom. The smallest absolute Gasteiger partial charge is 0.339 e. The molecule has 2 aromatic rings. The molecule has 4 heteroatoms. The van der Waals surface area contributed by atoms with Crippen LogP contribution in [-0.4, -0.2) is 29.1 Å². The van der Waals surface area contributed by atoms with Gasteiger partial charge in [-0.05, 0) is 44.3 Å². The number of fused-ring (bicyclic) bond motifs is 1. The van der Waals surface area contributed by atoms with E-state index in [4.69, 9.17) is 4.42 Å². The van der Waals surface area contributed by atoms with Crippen LogP contribution in [0.25, 0.3) is 11.0 Å². The topological polar surface area (TPSA) is 53.7 Å². The summed E-state index contributed by atoms with van der Waals surface area (Å²) >= 11 is 0. The molecular weight excluding hydrogens is 266 g/mol. The number of furan rings is 1. The van der Waals surface area contributed by atoms with Crippen LogP contribution in [0.2, 0.25) is 0 Å². The van der Waals surface area contributed by atoms with E-state index in [1.807, 2.05) is 24.3 Å². The van der Waals surface area contributed by atoms with Crippen molar-refractivity contribution >= 4 is 16.9 Å². The molecule has 1 aliphatic rings. The first-order valence-corrected chi connectivity index (χ1v) is 7.61. The van der Waals surface area contributed by atoms with Crippen LogP contribution in [0.3, 0.4) is 0 Å². The number of carbonyl (C=O) groups is 1. The van der Waals surface area contributed by atoms with Gasteiger partial charge in [0.25, 0.3) is 0 Å². The minimum atomic E-state index is -0.905. The van der Waals surface area contributed by atoms with Crippen molar-refractivity contribution in [3.8, 4) is 0 Å². The van der Waals surface area contributed by atoms with E-state index in [0.29, 0.717) is 28.8 Å². The number of likely N-dealkylation sites (tertiary alicyclic amines) is 1. The number of rotatable bonds is 3. The molecule has 0 amide bonds. The quantitative estimate of drug-likeness (QED) is 0.934. The van der Waals surface area contributed by atoms with E-state index < -0.39 is 5.97 Å². The van der Waals surface area contributed by atoms with Gasteiger partial charge in [-0.3, -0.25) is 4.90 Å². The highest BCUT2D eigenvalue weighted by Gasteiger charge is 2.23. The Bertz CT molecular complexity index is 647. The Morgan fingerprint density at radius 3 is 2.95 bits per heavy atom. The third-order valence-electron chi connectivity index (χ3n) is 4.36. The summed E-state index contributed by atoms with van der Waals surface area (Å²) in [5.74, 6) is 0.431. The predicted octanol–water partition coefficient (Wildman–Crippen LogP) is 3.75. The Hall–Kier alpha value is -1.81. The van der Waals surface area contributed by atoms with Gasteiger partial charge >= 0.3 is 5.97 Å². The lowest BCUT2D eigenvalue weighted by atomic mass is 10.0. The minimum Gasteiger partial charge on any atom is -0.478 e. The third kappa shape index (κ3) is 2.95. The van der Waals surface area contributed by atoms with E-state index in [-0.39, 0.29) is 0 Å². The van der Waals surface area contributed by atoms with E-state index in [2.05, 4.69) is 11.8 Å². The highest BCUT2D eigenvalue weighted by atomic mass is 16.4. The molecule has 1 atom stereocenters. The van der Waals surface area contributed by atoms with Crippen molar-refractivity contribution < 1.29 is 14.3 Å². The first kappa shape index (κ1) is 14.1. The third-order valence-corrected chi connectivity index (χ3v) is 4.36. The molecule has 112 valence electrons. The summed E-state index contributed by atoms with van der Waals surface area (Å²) in [6, 6.07) is 7.36. The van der Waals surface area contributed by atoms with Gasteiger partial charge < -0.3 is 9.52 Å². The van der Waals surface area contributed by atoms with Gasteiger partial charge in [-0.25, -0.2) is 4.79 Å². The summed E-state index contributed by atoms with van der Waals surface area (Å²) in [6.07, 6.45) is 3.59. The molecule has 1 saturated heterocycles. The summed E-state index contributed by atoms with van der Waals surface area (Å²) in [5.41, 5.74) is 0.982. The Balaban J connectivity index is 1.89. The van der Waals surface area contributed by atoms with Gasteiger partial charge in [-0.15, -0.1) is 0 Å². The molecule has 1 aliphatic heterocycles. The fraction of sp³-hybridized carbons (Fsp3) is 0.471. The molecule has 1 aromatic heterocycles. The van der Waals surface area contributed by atoms with Gasteiger partial charge in [-0.2, -0.15) is 0 Å². The molecule has 0 saturated carbocycles. The standard InChI is InChI=1S/C17H21NO3/c1-12-5-4-9-18(10-8-12)11-15-16(17(19)20)13-6-2-3-7-14(13)21-15/h2-3,6-7,12H,4-5,8-11H2,1H3,(H,19,20). The molecule has 1 fully saturated rings. The van der Waals surface area contributed by atoms with Crippen molar-refractivity contribution in [2.75, 3.05) is 13.1 Å². The predicted molar refractivity (Wildman–Crippen MR) is 81.5 cm³/mol. The molecule has 1 unspecified atom stereocenters. The number of para-hydroxylation sites is 1.